The van der Waals surface area contributed by atoms with Gasteiger partial charge in [-0.1, -0.05) is 0 Å². The maximum atomic E-state index is 12.6. The van der Waals surface area contributed by atoms with Gasteiger partial charge in [0.15, 0.2) is 0 Å². The molecule has 98 valence electrons. The molecule has 0 radical (unpaired) electrons. The average Bonchev–Trinajstić information content (AvgIpc) is 2.89. The lowest BCUT2D eigenvalue weighted by Gasteiger charge is -2.21. The number of halogens is 1. The van der Waals surface area contributed by atoms with E-state index >= 15 is 0 Å². The number of carbonyl (C=O) groups is 1. The SMILES string of the molecule is O=C1NC[C@H](CCF)c2[nH]c(-c3ccncc3)cc21. The molecule has 1 aliphatic heterocycles. The van der Waals surface area contributed by atoms with Crippen LogP contribution in [0.5, 0.6) is 0 Å². The molecule has 0 spiro atoms. The van der Waals surface area contributed by atoms with E-state index in [1.807, 2.05) is 18.2 Å². The quantitative estimate of drug-likeness (QED) is 0.888. The molecule has 3 heterocycles. The molecule has 0 unspecified atom stereocenters. The number of fused-ring (bicyclic) bond motifs is 1. The number of aromatic nitrogens is 2. The molecule has 0 aliphatic carbocycles. The van der Waals surface area contributed by atoms with Crippen LogP contribution in [0.15, 0.2) is 30.6 Å². The van der Waals surface area contributed by atoms with E-state index in [9.17, 15) is 9.18 Å². The summed E-state index contributed by atoms with van der Waals surface area (Å²) in [4.78, 5) is 19.1. The van der Waals surface area contributed by atoms with E-state index in [0.717, 1.165) is 17.0 Å². The van der Waals surface area contributed by atoms with Crippen LogP contribution in [0.25, 0.3) is 11.3 Å². The Labute approximate surface area is 110 Å². The second kappa shape index (κ2) is 4.84. The fourth-order valence-corrected chi connectivity index (χ4v) is 2.46. The lowest BCUT2D eigenvalue weighted by molar-refractivity contribution is 0.0938. The molecule has 1 aliphatic rings. The molecule has 5 heteroatoms. The smallest absolute Gasteiger partial charge is 0.253 e. The first-order chi connectivity index (χ1) is 9.29. The minimum absolute atomic E-state index is 0.0216. The molecule has 0 aromatic carbocycles. The van der Waals surface area contributed by atoms with Crippen molar-refractivity contribution in [2.24, 2.45) is 0 Å². The van der Waals surface area contributed by atoms with E-state index in [-0.39, 0.29) is 18.5 Å². The number of pyridine rings is 1. The van der Waals surface area contributed by atoms with Gasteiger partial charge in [0.2, 0.25) is 0 Å². The Kier molecular flexibility index (Phi) is 3.03. The van der Waals surface area contributed by atoms with Gasteiger partial charge in [0.05, 0.1) is 12.2 Å². The fraction of sp³-hybridized carbons (Fsp3) is 0.286. The van der Waals surface area contributed by atoms with Crippen LogP contribution < -0.4 is 5.32 Å². The van der Waals surface area contributed by atoms with Crippen molar-refractivity contribution in [3.05, 3.63) is 41.9 Å². The van der Waals surface area contributed by atoms with Crippen molar-refractivity contribution in [1.29, 1.82) is 0 Å². The summed E-state index contributed by atoms with van der Waals surface area (Å²) in [5.41, 5.74) is 3.30. The third-order valence-corrected chi connectivity index (χ3v) is 3.46. The van der Waals surface area contributed by atoms with Gasteiger partial charge in [0.25, 0.3) is 5.91 Å². The first-order valence-electron chi connectivity index (χ1n) is 6.27. The molecule has 0 saturated heterocycles. The molecular weight excluding hydrogens is 245 g/mol. The third-order valence-electron chi connectivity index (χ3n) is 3.46. The van der Waals surface area contributed by atoms with Gasteiger partial charge in [-0.25, -0.2) is 0 Å². The van der Waals surface area contributed by atoms with Crippen molar-refractivity contribution in [2.45, 2.75) is 12.3 Å². The van der Waals surface area contributed by atoms with Crippen molar-refractivity contribution >= 4 is 5.91 Å². The standard InChI is InChI=1S/C14H14FN3O/c15-4-1-10-8-17-14(19)11-7-12(18-13(10)11)9-2-5-16-6-3-9/h2-3,5-7,10,18H,1,4,8H2,(H,17,19)/t10-/m0/s1. The number of alkyl halides is 1. The summed E-state index contributed by atoms with van der Waals surface area (Å²) in [6.45, 7) is 0.107. The highest BCUT2D eigenvalue weighted by atomic mass is 19.1. The molecule has 0 fully saturated rings. The van der Waals surface area contributed by atoms with Crippen LogP contribution >= 0.6 is 0 Å². The predicted molar refractivity (Wildman–Crippen MR) is 69.7 cm³/mol. The second-order valence-corrected chi connectivity index (χ2v) is 4.63. The molecule has 2 aromatic rings. The van der Waals surface area contributed by atoms with Crippen molar-refractivity contribution < 1.29 is 9.18 Å². The largest absolute Gasteiger partial charge is 0.357 e. The Bertz CT molecular complexity index is 594. The fourth-order valence-electron chi connectivity index (χ4n) is 2.46. The van der Waals surface area contributed by atoms with E-state index in [1.165, 1.54) is 0 Å². The van der Waals surface area contributed by atoms with Gasteiger partial charge in [0, 0.05) is 41.8 Å². The van der Waals surface area contributed by atoms with Crippen molar-refractivity contribution in [3.8, 4) is 11.3 Å². The van der Waals surface area contributed by atoms with Crippen molar-refractivity contribution in [1.82, 2.24) is 15.3 Å². The van der Waals surface area contributed by atoms with Crippen LogP contribution in [0, 0.1) is 0 Å². The maximum absolute atomic E-state index is 12.6. The lowest BCUT2D eigenvalue weighted by Crippen LogP contribution is -2.34. The zero-order valence-electron chi connectivity index (χ0n) is 10.3. The molecule has 0 saturated carbocycles. The number of nitrogens with one attached hydrogen (secondary N) is 2. The summed E-state index contributed by atoms with van der Waals surface area (Å²) in [7, 11) is 0. The molecule has 4 nitrogen and oxygen atoms in total. The van der Waals surface area contributed by atoms with Gasteiger partial charge in [-0.2, -0.15) is 0 Å². The van der Waals surface area contributed by atoms with Crippen LogP contribution in [0.4, 0.5) is 4.39 Å². The van der Waals surface area contributed by atoms with Crippen LogP contribution in [0.3, 0.4) is 0 Å². The maximum Gasteiger partial charge on any atom is 0.253 e. The van der Waals surface area contributed by atoms with Gasteiger partial charge in [0.1, 0.15) is 0 Å². The molecule has 19 heavy (non-hydrogen) atoms. The lowest BCUT2D eigenvalue weighted by atomic mass is 9.95. The highest BCUT2D eigenvalue weighted by Gasteiger charge is 2.27. The Hall–Kier alpha value is -2.17. The Morgan fingerprint density at radius 2 is 2.16 bits per heavy atom. The first kappa shape index (κ1) is 11.9. The van der Waals surface area contributed by atoms with E-state index in [4.69, 9.17) is 0 Å². The topological polar surface area (TPSA) is 57.8 Å². The summed E-state index contributed by atoms with van der Waals surface area (Å²) in [6.07, 6.45) is 3.83. The summed E-state index contributed by atoms with van der Waals surface area (Å²) in [6, 6.07) is 5.57. The first-order valence-corrected chi connectivity index (χ1v) is 6.27. The number of hydrogen-bond acceptors (Lipinski definition) is 2. The number of aromatic amines is 1. The molecular formula is C14H14FN3O. The van der Waals surface area contributed by atoms with Crippen LogP contribution in [0.1, 0.15) is 28.4 Å². The molecule has 2 N–H and O–H groups in total. The molecule has 1 amide bonds. The van der Waals surface area contributed by atoms with Crippen LogP contribution in [-0.2, 0) is 0 Å². The van der Waals surface area contributed by atoms with Crippen molar-refractivity contribution in [3.63, 3.8) is 0 Å². The Balaban J connectivity index is 2.03. The highest BCUT2D eigenvalue weighted by molar-refractivity contribution is 5.98. The Morgan fingerprint density at radius 3 is 2.89 bits per heavy atom. The van der Waals surface area contributed by atoms with Crippen LogP contribution in [0.2, 0.25) is 0 Å². The second-order valence-electron chi connectivity index (χ2n) is 4.63. The van der Waals surface area contributed by atoms with Crippen LogP contribution in [-0.4, -0.2) is 29.1 Å². The van der Waals surface area contributed by atoms with Gasteiger partial charge < -0.3 is 10.3 Å². The van der Waals surface area contributed by atoms with Gasteiger partial charge >= 0.3 is 0 Å². The minimum Gasteiger partial charge on any atom is -0.357 e. The minimum atomic E-state index is -0.385. The number of carbonyl (C=O) groups excluding carboxylic acids is 1. The predicted octanol–water partition coefficient (Wildman–Crippen LogP) is 2.26. The number of nitrogens with zero attached hydrogens (tertiary/aromatic N) is 1. The van der Waals surface area contributed by atoms with E-state index < -0.39 is 0 Å². The van der Waals surface area contributed by atoms with Gasteiger partial charge in [-0.3, -0.25) is 14.2 Å². The number of hydrogen-bond donors (Lipinski definition) is 2. The zero-order chi connectivity index (χ0) is 13.2. The van der Waals surface area contributed by atoms with E-state index in [1.54, 1.807) is 12.4 Å². The zero-order valence-corrected chi connectivity index (χ0v) is 10.3. The average molecular weight is 259 g/mol. The molecule has 3 rings (SSSR count). The summed E-state index contributed by atoms with van der Waals surface area (Å²) < 4.78 is 12.6. The normalized spacial score (nSPS) is 17.9. The van der Waals surface area contributed by atoms with E-state index in [2.05, 4.69) is 15.3 Å². The summed E-state index contributed by atoms with van der Waals surface area (Å²) in [5, 5.41) is 2.80. The number of amides is 1. The Morgan fingerprint density at radius 1 is 1.37 bits per heavy atom. The third kappa shape index (κ3) is 2.12. The summed E-state index contributed by atoms with van der Waals surface area (Å²) >= 11 is 0. The van der Waals surface area contributed by atoms with Gasteiger partial charge in [-0.05, 0) is 24.6 Å². The van der Waals surface area contributed by atoms with Gasteiger partial charge in [-0.15, -0.1) is 0 Å². The van der Waals surface area contributed by atoms with E-state index in [0.29, 0.717) is 18.5 Å². The molecule has 0 bridgehead atoms. The number of H-pyrrole nitrogens is 1. The monoisotopic (exact) mass is 259 g/mol. The van der Waals surface area contributed by atoms with Crippen molar-refractivity contribution in [2.75, 3.05) is 13.2 Å². The molecule has 1 atom stereocenters. The molecule has 2 aromatic heterocycles. The summed E-state index contributed by atoms with van der Waals surface area (Å²) in [5.74, 6) is -0.0741. The highest BCUT2D eigenvalue weighted by Crippen LogP contribution is 2.30. The number of rotatable bonds is 3.